The van der Waals surface area contributed by atoms with Gasteiger partial charge in [-0.15, -0.1) is 0 Å². The lowest BCUT2D eigenvalue weighted by atomic mass is 10.0. The largest absolute Gasteiger partial charge is 0.493 e. The molecular weight excluding hydrogens is 376 g/mol. The van der Waals surface area contributed by atoms with Crippen molar-refractivity contribution in [1.29, 1.82) is 0 Å². The van der Waals surface area contributed by atoms with E-state index in [1.54, 1.807) is 0 Å². The SMILES string of the molecule is CCCC(COc1ccc(Br)cc1C(C)C)CS(=O)(=O)Cl. The molecule has 0 saturated carbocycles. The molecule has 0 heterocycles. The quantitative estimate of drug-likeness (QED) is 0.584. The maximum absolute atomic E-state index is 11.3. The molecule has 1 unspecified atom stereocenters. The monoisotopic (exact) mass is 396 g/mol. The molecule has 0 amide bonds. The molecule has 0 bridgehead atoms. The summed E-state index contributed by atoms with van der Waals surface area (Å²) in [5.74, 6) is 1.01. The van der Waals surface area contributed by atoms with Gasteiger partial charge in [-0.2, -0.15) is 0 Å². The summed E-state index contributed by atoms with van der Waals surface area (Å²) in [5.41, 5.74) is 1.10. The molecule has 1 aromatic carbocycles. The minimum absolute atomic E-state index is 0.0457. The third-order valence-electron chi connectivity index (χ3n) is 3.20. The van der Waals surface area contributed by atoms with Crippen LogP contribution in [0.2, 0.25) is 0 Å². The Hall–Kier alpha value is -0.260. The van der Waals surface area contributed by atoms with Gasteiger partial charge >= 0.3 is 0 Å². The van der Waals surface area contributed by atoms with Crippen molar-refractivity contribution >= 4 is 35.7 Å². The van der Waals surface area contributed by atoms with Crippen molar-refractivity contribution in [3.63, 3.8) is 0 Å². The smallest absolute Gasteiger partial charge is 0.232 e. The van der Waals surface area contributed by atoms with E-state index < -0.39 is 9.05 Å². The molecule has 0 N–H and O–H groups in total. The first-order valence-electron chi connectivity index (χ1n) is 7.07. The minimum Gasteiger partial charge on any atom is -0.493 e. The molecule has 0 aliphatic carbocycles. The van der Waals surface area contributed by atoms with Crippen LogP contribution in [-0.2, 0) is 9.05 Å². The molecule has 0 saturated heterocycles. The van der Waals surface area contributed by atoms with Gasteiger partial charge in [0.2, 0.25) is 9.05 Å². The molecule has 0 aliphatic rings. The van der Waals surface area contributed by atoms with Crippen LogP contribution in [0.15, 0.2) is 22.7 Å². The second kappa shape index (κ2) is 8.39. The van der Waals surface area contributed by atoms with Crippen LogP contribution in [0.1, 0.15) is 45.1 Å². The van der Waals surface area contributed by atoms with E-state index in [4.69, 9.17) is 15.4 Å². The molecule has 0 spiro atoms. The van der Waals surface area contributed by atoms with Crippen LogP contribution in [0.3, 0.4) is 0 Å². The molecule has 21 heavy (non-hydrogen) atoms. The van der Waals surface area contributed by atoms with Gasteiger partial charge in [-0.3, -0.25) is 0 Å². The van der Waals surface area contributed by atoms with Crippen molar-refractivity contribution < 1.29 is 13.2 Å². The van der Waals surface area contributed by atoms with E-state index in [9.17, 15) is 8.42 Å². The van der Waals surface area contributed by atoms with Gasteiger partial charge in [0.25, 0.3) is 0 Å². The summed E-state index contributed by atoms with van der Waals surface area (Å²) >= 11 is 3.46. The molecule has 0 fully saturated rings. The highest BCUT2D eigenvalue weighted by Gasteiger charge is 2.18. The number of hydrogen-bond donors (Lipinski definition) is 0. The summed E-state index contributed by atoms with van der Waals surface area (Å²) in [6.07, 6.45) is 1.68. The molecular formula is C15H22BrClO3S. The van der Waals surface area contributed by atoms with Crippen LogP contribution < -0.4 is 4.74 Å². The Kier molecular flexibility index (Phi) is 7.51. The first-order chi connectivity index (χ1) is 9.73. The van der Waals surface area contributed by atoms with Gasteiger partial charge in [0, 0.05) is 21.1 Å². The van der Waals surface area contributed by atoms with E-state index in [0.717, 1.165) is 28.6 Å². The highest BCUT2D eigenvalue weighted by atomic mass is 79.9. The van der Waals surface area contributed by atoms with Gasteiger partial charge in [0.05, 0.1) is 12.4 Å². The third kappa shape index (κ3) is 7.02. The Morgan fingerprint density at radius 2 is 2.00 bits per heavy atom. The molecule has 0 aromatic heterocycles. The molecule has 1 atom stereocenters. The second-order valence-corrected chi connectivity index (χ2v) is 9.25. The Morgan fingerprint density at radius 3 is 2.52 bits per heavy atom. The van der Waals surface area contributed by atoms with Crippen molar-refractivity contribution in [2.45, 2.75) is 39.5 Å². The number of ether oxygens (including phenoxy) is 1. The lowest BCUT2D eigenvalue weighted by molar-refractivity contribution is 0.250. The highest BCUT2D eigenvalue weighted by Crippen LogP contribution is 2.30. The normalized spacial score (nSPS) is 13.4. The zero-order valence-electron chi connectivity index (χ0n) is 12.6. The van der Waals surface area contributed by atoms with Crippen molar-refractivity contribution in [3.05, 3.63) is 28.2 Å². The fourth-order valence-corrected chi connectivity index (χ4v) is 3.95. The number of hydrogen-bond acceptors (Lipinski definition) is 3. The van der Waals surface area contributed by atoms with Gasteiger partial charge in [0.15, 0.2) is 0 Å². The van der Waals surface area contributed by atoms with Gasteiger partial charge < -0.3 is 4.74 Å². The average Bonchev–Trinajstić information content (AvgIpc) is 2.35. The van der Waals surface area contributed by atoms with Gasteiger partial charge in [-0.05, 0) is 36.1 Å². The van der Waals surface area contributed by atoms with Crippen LogP contribution in [0.25, 0.3) is 0 Å². The van der Waals surface area contributed by atoms with Gasteiger partial charge in [-0.25, -0.2) is 8.42 Å². The van der Waals surface area contributed by atoms with Crippen LogP contribution in [0.4, 0.5) is 0 Å². The Balaban J connectivity index is 2.80. The number of halogens is 2. The maximum atomic E-state index is 11.3. The fourth-order valence-electron chi connectivity index (χ4n) is 2.21. The van der Waals surface area contributed by atoms with Crippen LogP contribution in [-0.4, -0.2) is 20.8 Å². The first-order valence-corrected chi connectivity index (χ1v) is 10.3. The van der Waals surface area contributed by atoms with Gasteiger partial charge in [-0.1, -0.05) is 43.1 Å². The summed E-state index contributed by atoms with van der Waals surface area (Å²) < 4.78 is 29.4. The molecule has 1 rings (SSSR count). The summed E-state index contributed by atoms with van der Waals surface area (Å²) in [5, 5.41) is 0. The molecule has 1 aromatic rings. The highest BCUT2D eigenvalue weighted by molar-refractivity contribution is 9.10. The molecule has 3 nitrogen and oxygen atoms in total. The summed E-state index contributed by atoms with van der Waals surface area (Å²) in [6, 6.07) is 5.87. The van der Waals surface area contributed by atoms with Crippen molar-refractivity contribution in [3.8, 4) is 5.75 Å². The van der Waals surface area contributed by atoms with Crippen molar-refractivity contribution in [1.82, 2.24) is 0 Å². The topological polar surface area (TPSA) is 43.4 Å². The van der Waals surface area contributed by atoms with Crippen molar-refractivity contribution in [2.24, 2.45) is 5.92 Å². The summed E-state index contributed by atoms with van der Waals surface area (Å²) in [6.45, 7) is 6.58. The van der Waals surface area contributed by atoms with E-state index in [1.165, 1.54) is 0 Å². The molecule has 6 heteroatoms. The van der Waals surface area contributed by atoms with E-state index >= 15 is 0 Å². The third-order valence-corrected chi connectivity index (χ3v) is 4.94. The standard InChI is InChI=1S/C15H22BrClO3S/c1-4-5-12(10-21(17,18)19)9-20-15-7-6-13(16)8-14(15)11(2)3/h6-8,11-12H,4-5,9-10H2,1-3H3. The van der Waals surface area contributed by atoms with Crippen molar-refractivity contribution in [2.75, 3.05) is 12.4 Å². The Bertz CT molecular complexity index is 558. The predicted molar refractivity (Wildman–Crippen MR) is 91.8 cm³/mol. The van der Waals surface area contributed by atoms with Crippen LogP contribution >= 0.6 is 26.6 Å². The predicted octanol–water partition coefficient (Wildman–Crippen LogP) is 4.94. The Labute approximate surface area is 140 Å². The van der Waals surface area contributed by atoms with Crippen LogP contribution in [0, 0.1) is 5.92 Å². The number of benzene rings is 1. The minimum atomic E-state index is -3.50. The summed E-state index contributed by atoms with van der Waals surface area (Å²) in [4.78, 5) is 0. The molecule has 120 valence electrons. The lowest BCUT2D eigenvalue weighted by Crippen LogP contribution is -2.20. The zero-order chi connectivity index (χ0) is 16.0. The van der Waals surface area contributed by atoms with E-state index in [2.05, 4.69) is 29.8 Å². The Morgan fingerprint density at radius 1 is 1.33 bits per heavy atom. The lowest BCUT2D eigenvalue weighted by Gasteiger charge is -2.19. The van der Waals surface area contributed by atoms with E-state index in [0.29, 0.717) is 12.5 Å². The fraction of sp³-hybridized carbons (Fsp3) is 0.600. The zero-order valence-corrected chi connectivity index (χ0v) is 15.8. The number of rotatable bonds is 8. The maximum Gasteiger partial charge on any atom is 0.232 e. The van der Waals surface area contributed by atoms with E-state index in [1.807, 2.05) is 25.1 Å². The van der Waals surface area contributed by atoms with Crippen LogP contribution in [0.5, 0.6) is 5.75 Å². The van der Waals surface area contributed by atoms with Gasteiger partial charge in [0.1, 0.15) is 5.75 Å². The summed E-state index contributed by atoms with van der Waals surface area (Å²) in [7, 11) is 1.86. The molecule has 0 radical (unpaired) electrons. The average molecular weight is 398 g/mol. The first kappa shape index (κ1) is 18.8. The van der Waals surface area contributed by atoms with E-state index in [-0.39, 0.29) is 11.7 Å². The second-order valence-electron chi connectivity index (χ2n) is 5.51. The molecule has 0 aliphatic heterocycles.